The van der Waals surface area contributed by atoms with Crippen LogP contribution in [0.2, 0.25) is 0 Å². The van der Waals surface area contributed by atoms with E-state index in [1.54, 1.807) is 13.0 Å². The summed E-state index contributed by atoms with van der Waals surface area (Å²) < 4.78 is 4.85. The third-order valence-corrected chi connectivity index (χ3v) is 2.73. The number of thiol groups is 1. The molecule has 0 aliphatic heterocycles. The Morgan fingerprint density at radius 3 is 2.81 bits per heavy atom. The summed E-state index contributed by atoms with van der Waals surface area (Å²) in [5.74, 6) is -0.280. The van der Waals surface area contributed by atoms with Crippen molar-refractivity contribution >= 4 is 18.6 Å². The number of nitriles is 1. The largest absolute Gasteiger partial charge is 0.466 e. The number of rotatable bonds is 3. The molecule has 0 saturated heterocycles. The van der Waals surface area contributed by atoms with Crippen molar-refractivity contribution in [3.05, 3.63) is 28.8 Å². The lowest BCUT2D eigenvalue weighted by Crippen LogP contribution is -2.08. The maximum atomic E-state index is 11.3. The monoisotopic (exact) mass is 235 g/mol. The number of hydrogen-bond donors (Lipinski definition) is 1. The van der Waals surface area contributed by atoms with Crippen molar-refractivity contribution in [1.82, 2.24) is 0 Å². The Balaban J connectivity index is 2.95. The second-order valence-corrected chi connectivity index (χ2v) is 3.85. The van der Waals surface area contributed by atoms with Gasteiger partial charge in [0.05, 0.1) is 18.6 Å². The fourth-order valence-electron chi connectivity index (χ4n) is 1.42. The summed E-state index contributed by atoms with van der Waals surface area (Å²) in [5, 5.41) is 8.89. The fourth-order valence-corrected chi connectivity index (χ4v) is 1.60. The van der Waals surface area contributed by atoms with Gasteiger partial charge >= 0.3 is 5.97 Å². The van der Waals surface area contributed by atoms with Gasteiger partial charge < -0.3 is 4.74 Å². The molecule has 84 valence electrons. The number of carbonyl (C=O) groups is 1. The molecule has 0 spiro atoms. The first-order valence-electron chi connectivity index (χ1n) is 4.96. The van der Waals surface area contributed by atoms with Gasteiger partial charge in [0.2, 0.25) is 0 Å². The number of hydrogen-bond acceptors (Lipinski definition) is 4. The van der Waals surface area contributed by atoms with E-state index in [0.29, 0.717) is 17.1 Å². The molecule has 0 radical (unpaired) electrons. The predicted octanol–water partition coefficient (Wildman–Crippen LogP) is 2.26. The Morgan fingerprint density at radius 2 is 2.25 bits per heavy atom. The molecular formula is C12H13NO2S. The van der Waals surface area contributed by atoms with Crippen LogP contribution in [0.4, 0.5) is 0 Å². The summed E-state index contributed by atoms with van der Waals surface area (Å²) in [7, 11) is 0. The number of benzene rings is 1. The first-order chi connectivity index (χ1) is 7.58. The van der Waals surface area contributed by atoms with E-state index < -0.39 is 0 Å². The molecule has 0 aliphatic carbocycles. The Morgan fingerprint density at radius 1 is 1.56 bits per heavy atom. The molecule has 0 aromatic heterocycles. The fraction of sp³-hybridized carbons (Fsp3) is 0.333. The summed E-state index contributed by atoms with van der Waals surface area (Å²) >= 11 is 4.23. The van der Waals surface area contributed by atoms with Crippen LogP contribution in [-0.2, 0) is 16.0 Å². The molecule has 0 bridgehead atoms. The lowest BCUT2D eigenvalue weighted by Gasteiger charge is -2.06. The molecule has 0 heterocycles. The van der Waals surface area contributed by atoms with Crippen molar-refractivity contribution in [2.24, 2.45) is 0 Å². The Labute approximate surface area is 100 Å². The van der Waals surface area contributed by atoms with Crippen LogP contribution in [0.3, 0.4) is 0 Å². The molecular weight excluding hydrogens is 222 g/mol. The van der Waals surface area contributed by atoms with Crippen LogP contribution in [0.5, 0.6) is 0 Å². The number of aryl methyl sites for hydroxylation is 1. The summed E-state index contributed by atoms with van der Waals surface area (Å²) in [6.45, 7) is 3.99. The first-order valence-corrected chi connectivity index (χ1v) is 5.41. The van der Waals surface area contributed by atoms with Gasteiger partial charge in [0.25, 0.3) is 0 Å². The minimum absolute atomic E-state index is 0.192. The van der Waals surface area contributed by atoms with E-state index in [0.717, 1.165) is 11.1 Å². The van der Waals surface area contributed by atoms with Gasteiger partial charge in [-0.1, -0.05) is 6.07 Å². The molecule has 0 aliphatic rings. The maximum Gasteiger partial charge on any atom is 0.310 e. The Kier molecular flexibility index (Phi) is 4.39. The van der Waals surface area contributed by atoms with E-state index >= 15 is 0 Å². The van der Waals surface area contributed by atoms with Crippen LogP contribution in [-0.4, -0.2) is 12.6 Å². The average Bonchev–Trinajstić information content (AvgIpc) is 2.23. The van der Waals surface area contributed by atoms with E-state index in [4.69, 9.17) is 10.00 Å². The highest BCUT2D eigenvalue weighted by molar-refractivity contribution is 7.80. The number of ether oxygens (including phenoxy) is 1. The zero-order valence-electron chi connectivity index (χ0n) is 9.28. The normalized spacial score (nSPS) is 9.62. The molecule has 0 amide bonds. The van der Waals surface area contributed by atoms with Gasteiger partial charge in [-0.15, -0.1) is 12.6 Å². The molecule has 0 N–H and O–H groups in total. The van der Waals surface area contributed by atoms with Crippen LogP contribution in [0.25, 0.3) is 0 Å². The Bertz CT molecular complexity index is 449. The topological polar surface area (TPSA) is 50.1 Å². The van der Waals surface area contributed by atoms with Gasteiger partial charge in [-0.3, -0.25) is 4.79 Å². The third kappa shape index (κ3) is 3.01. The van der Waals surface area contributed by atoms with Gasteiger partial charge in [-0.25, -0.2) is 0 Å². The lowest BCUT2D eigenvalue weighted by molar-refractivity contribution is -0.142. The summed E-state index contributed by atoms with van der Waals surface area (Å²) in [4.78, 5) is 11.9. The van der Waals surface area contributed by atoms with Crippen LogP contribution in [0, 0.1) is 18.3 Å². The number of nitrogens with zero attached hydrogens (tertiary/aromatic N) is 1. The van der Waals surface area contributed by atoms with Gasteiger partial charge in [-0.2, -0.15) is 5.26 Å². The molecule has 0 saturated carbocycles. The summed E-state index contributed by atoms with van der Waals surface area (Å²) in [5.41, 5.74) is 2.16. The molecule has 0 unspecified atom stereocenters. The second kappa shape index (κ2) is 5.57. The molecule has 0 fully saturated rings. The summed E-state index contributed by atoms with van der Waals surface area (Å²) in [6, 6.07) is 5.57. The predicted molar refractivity (Wildman–Crippen MR) is 63.5 cm³/mol. The smallest absolute Gasteiger partial charge is 0.310 e. The molecule has 16 heavy (non-hydrogen) atoms. The van der Waals surface area contributed by atoms with Crippen molar-refractivity contribution in [2.45, 2.75) is 25.2 Å². The molecule has 4 heteroatoms. The Hall–Kier alpha value is -1.47. The minimum atomic E-state index is -0.280. The van der Waals surface area contributed by atoms with Crippen LogP contribution >= 0.6 is 12.6 Å². The van der Waals surface area contributed by atoms with Gasteiger partial charge in [-0.05, 0) is 31.0 Å². The van der Waals surface area contributed by atoms with E-state index in [-0.39, 0.29) is 12.4 Å². The van der Waals surface area contributed by atoms with Crippen molar-refractivity contribution in [2.75, 3.05) is 6.61 Å². The average molecular weight is 235 g/mol. The first kappa shape index (κ1) is 12.6. The zero-order chi connectivity index (χ0) is 12.1. The van der Waals surface area contributed by atoms with Crippen molar-refractivity contribution in [3.8, 4) is 6.07 Å². The molecule has 1 aromatic rings. The number of esters is 1. The van der Waals surface area contributed by atoms with Crippen LogP contribution in [0.1, 0.15) is 23.6 Å². The highest BCUT2D eigenvalue weighted by Crippen LogP contribution is 2.20. The van der Waals surface area contributed by atoms with Crippen LogP contribution in [0.15, 0.2) is 17.0 Å². The second-order valence-electron chi connectivity index (χ2n) is 3.40. The van der Waals surface area contributed by atoms with Crippen molar-refractivity contribution in [3.63, 3.8) is 0 Å². The maximum absolute atomic E-state index is 11.3. The molecule has 1 aromatic carbocycles. The SMILES string of the molecule is CCOC(=O)Cc1cc(C)c(S)c(C#N)c1. The van der Waals surface area contributed by atoms with E-state index in [9.17, 15) is 4.79 Å². The third-order valence-electron chi connectivity index (χ3n) is 2.13. The van der Waals surface area contributed by atoms with E-state index in [1.165, 1.54) is 0 Å². The molecule has 0 atom stereocenters. The van der Waals surface area contributed by atoms with Crippen molar-refractivity contribution < 1.29 is 9.53 Å². The molecule has 3 nitrogen and oxygen atoms in total. The van der Waals surface area contributed by atoms with Crippen LogP contribution < -0.4 is 0 Å². The van der Waals surface area contributed by atoms with E-state index in [2.05, 4.69) is 18.7 Å². The van der Waals surface area contributed by atoms with Gasteiger partial charge in [0.1, 0.15) is 6.07 Å². The van der Waals surface area contributed by atoms with Gasteiger partial charge in [0, 0.05) is 4.90 Å². The number of carbonyl (C=O) groups excluding carboxylic acids is 1. The quantitative estimate of drug-likeness (QED) is 0.646. The minimum Gasteiger partial charge on any atom is -0.466 e. The molecule has 1 rings (SSSR count). The summed E-state index contributed by atoms with van der Waals surface area (Å²) in [6.07, 6.45) is 0.192. The zero-order valence-corrected chi connectivity index (χ0v) is 10.2. The standard InChI is InChI=1S/C12H13NO2S/c1-3-15-11(14)6-9-4-8(2)12(16)10(5-9)7-13/h4-5,16H,3,6H2,1-2H3. The highest BCUT2D eigenvalue weighted by Gasteiger charge is 2.08. The lowest BCUT2D eigenvalue weighted by atomic mass is 10.0. The van der Waals surface area contributed by atoms with Gasteiger partial charge in [0.15, 0.2) is 0 Å². The van der Waals surface area contributed by atoms with Crippen molar-refractivity contribution in [1.29, 1.82) is 5.26 Å². The van der Waals surface area contributed by atoms with E-state index in [1.807, 2.05) is 13.0 Å². The highest BCUT2D eigenvalue weighted by atomic mass is 32.1.